The van der Waals surface area contributed by atoms with Gasteiger partial charge in [0, 0.05) is 18.1 Å². The van der Waals surface area contributed by atoms with Crippen molar-refractivity contribution in [3.05, 3.63) is 0 Å². The number of nitrogens with one attached hydrogen (secondary N) is 1. The molecule has 112 valence electrons. The van der Waals surface area contributed by atoms with Gasteiger partial charge in [-0.2, -0.15) is 0 Å². The third-order valence-electron chi connectivity index (χ3n) is 5.48. The van der Waals surface area contributed by atoms with Crippen molar-refractivity contribution in [1.82, 2.24) is 5.32 Å². The Bertz CT molecular complexity index is 248. The van der Waals surface area contributed by atoms with Crippen molar-refractivity contribution in [3.63, 3.8) is 0 Å². The summed E-state index contributed by atoms with van der Waals surface area (Å²) in [5.74, 6) is 0. The van der Waals surface area contributed by atoms with E-state index in [9.17, 15) is 0 Å². The predicted molar refractivity (Wildman–Crippen MR) is 81.5 cm³/mol. The molecule has 2 nitrogen and oxygen atoms in total. The molecular weight excluding hydrogens is 234 g/mol. The van der Waals surface area contributed by atoms with Crippen LogP contribution in [0.5, 0.6) is 0 Å². The first-order valence-corrected chi connectivity index (χ1v) is 8.62. The van der Waals surface area contributed by atoms with Crippen LogP contribution in [0.25, 0.3) is 0 Å². The molecule has 2 saturated carbocycles. The summed E-state index contributed by atoms with van der Waals surface area (Å²) in [5.41, 5.74) is 0.511. The lowest BCUT2D eigenvalue weighted by Gasteiger charge is -2.54. The molecule has 0 aromatic rings. The highest BCUT2D eigenvalue weighted by Crippen LogP contribution is 2.54. The zero-order valence-electron chi connectivity index (χ0n) is 13.0. The van der Waals surface area contributed by atoms with E-state index in [2.05, 4.69) is 19.3 Å². The standard InChI is InChI=1S/C17H33NO/c1-3-4-5-6-7-10-13-19-16-14-15(18-2)17(16)11-8-9-12-17/h15-16,18H,3-14H2,1-2H3. The lowest BCUT2D eigenvalue weighted by Crippen LogP contribution is -2.61. The molecule has 2 aliphatic carbocycles. The van der Waals surface area contributed by atoms with E-state index in [1.807, 2.05) is 0 Å². The summed E-state index contributed by atoms with van der Waals surface area (Å²) in [6.45, 7) is 3.27. The average molecular weight is 267 g/mol. The monoisotopic (exact) mass is 267 g/mol. The fourth-order valence-corrected chi connectivity index (χ4v) is 4.20. The van der Waals surface area contributed by atoms with E-state index in [1.165, 1.54) is 70.6 Å². The van der Waals surface area contributed by atoms with E-state index in [4.69, 9.17) is 4.74 Å². The van der Waals surface area contributed by atoms with Crippen molar-refractivity contribution in [2.24, 2.45) is 5.41 Å². The summed E-state index contributed by atoms with van der Waals surface area (Å²) in [4.78, 5) is 0. The summed E-state index contributed by atoms with van der Waals surface area (Å²) in [7, 11) is 2.12. The van der Waals surface area contributed by atoms with E-state index in [0.29, 0.717) is 11.5 Å². The highest BCUT2D eigenvalue weighted by molar-refractivity contribution is 5.09. The Morgan fingerprint density at radius 2 is 1.74 bits per heavy atom. The van der Waals surface area contributed by atoms with E-state index < -0.39 is 0 Å². The van der Waals surface area contributed by atoms with Gasteiger partial charge >= 0.3 is 0 Å². The van der Waals surface area contributed by atoms with Gasteiger partial charge in [-0.15, -0.1) is 0 Å². The van der Waals surface area contributed by atoms with Crippen LogP contribution in [-0.2, 0) is 4.74 Å². The van der Waals surface area contributed by atoms with E-state index in [0.717, 1.165) is 12.6 Å². The van der Waals surface area contributed by atoms with Crippen LogP contribution in [0.2, 0.25) is 0 Å². The first-order chi connectivity index (χ1) is 9.33. The molecule has 2 heteroatoms. The maximum Gasteiger partial charge on any atom is 0.0661 e. The van der Waals surface area contributed by atoms with Crippen LogP contribution in [0.4, 0.5) is 0 Å². The van der Waals surface area contributed by atoms with Crippen molar-refractivity contribution in [2.45, 2.75) is 89.7 Å². The Morgan fingerprint density at radius 1 is 1.05 bits per heavy atom. The Hall–Kier alpha value is -0.0800. The average Bonchev–Trinajstić information content (AvgIpc) is 2.92. The minimum atomic E-state index is 0.511. The molecule has 2 unspecified atom stereocenters. The van der Waals surface area contributed by atoms with Gasteiger partial charge in [0.2, 0.25) is 0 Å². The van der Waals surface area contributed by atoms with Crippen molar-refractivity contribution in [2.75, 3.05) is 13.7 Å². The third-order valence-corrected chi connectivity index (χ3v) is 5.48. The van der Waals surface area contributed by atoms with Gasteiger partial charge in [0.25, 0.3) is 0 Å². The first-order valence-electron chi connectivity index (χ1n) is 8.62. The van der Waals surface area contributed by atoms with Crippen LogP contribution in [0.15, 0.2) is 0 Å². The number of unbranched alkanes of at least 4 members (excludes halogenated alkanes) is 5. The van der Waals surface area contributed by atoms with Crippen LogP contribution < -0.4 is 5.32 Å². The highest BCUT2D eigenvalue weighted by atomic mass is 16.5. The fourth-order valence-electron chi connectivity index (χ4n) is 4.20. The molecule has 2 aliphatic rings. The summed E-state index contributed by atoms with van der Waals surface area (Å²) in [5, 5.41) is 3.51. The molecule has 0 saturated heterocycles. The van der Waals surface area contributed by atoms with E-state index in [-0.39, 0.29) is 0 Å². The molecular formula is C17H33NO. The quantitative estimate of drug-likeness (QED) is 0.629. The Kier molecular flexibility index (Phi) is 6.15. The Morgan fingerprint density at radius 3 is 2.42 bits per heavy atom. The molecule has 0 heterocycles. The molecule has 2 rings (SSSR count). The number of ether oxygens (including phenoxy) is 1. The molecule has 2 atom stereocenters. The second-order valence-electron chi connectivity index (χ2n) is 6.64. The van der Waals surface area contributed by atoms with Crippen LogP contribution >= 0.6 is 0 Å². The Labute approximate surface area is 119 Å². The molecule has 19 heavy (non-hydrogen) atoms. The molecule has 0 amide bonds. The van der Waals surface area contributed by atoms with Crippen LogP contribution in [0.1, 0.15) is 77.6 Å². The van der Waals surface area contributed by atoms with Gasteiger partial charge in [0.15, 0.2) is 0 Å². The van der Waals surface area contributed by atoms with E-state index >= 15 is 0 Å². The topological polar surface area (TPSA) is 21.3 Å². The minimum absolute atomic E-state index is 0.511. The lowest BCUT2D eigenvalue weighted by molar-refractivity contribution is -0.132. The SMILES string of the molecule is CCCCCCCCOC1CC(NC)C12CCCC2. The summed E-state index contributed by atoms with van der Waals surface area (Å²) in [6, 6.07) is 0.726. The number of rotatable bonds is 9. The van der Waals surface area contributed by atoms with Crippen LogP contribution in [0, 0.1) is 5.41 Å². The molecule has 0 aliphatic heterocycles. The van der Waals surface area contributed by atoms with Crippen molar-refractivity contribution in [3.8, 4) is 0 Å². The largest absolute Gasteiger partial charge is 0.378 e. The molecule has 0 bridgehead atoms. The zero-order valence-corrected chi connectivity index (χ0v) is 13.0. The lowest BCUT2D eigenvalue weighted by atomic mass is 9.60. The molecule has 1 N–H and O–H groups in total. The fraction of sp³-hybridized carbons (Fsp3) is 1.00. The summed E-state index contributed by atoms with van der Waals surface area (Å²) >= 11 is 0. The second-order valence-corrected chi connectivity index (χ2v) is 6.64. The highest BCUT2D eigenvalue weighted by Gasteiger charge is 2.55. The molecule has 1 spiro atoms. The Balaban J connectivity index is 1.59. The normalized spacial score (nSPS) is 28.7. The minimum Gasteiger partial charge on any atom is -0.378 e. The summed E-state index contributed by atoms with van der Waals surface area (Å²) in [6.07, 6.45) is 15.6. The number of hydrogen-bond acceptors (Lipinski definition) is 2. The van der Waals surface area contributed by atoms with Gasteiger partial charge < -0.3 is 10.1 Å². The maximum atomic E-state index is 6.21. The molecule has 0 aromatic heterocycles. The third kappa shape index (κ3) is 3.52. The van der Waals surface area contributed by atoms with Crippen molar-refractivity contribution >= 4 is 0 Å². The smallest absolute Gasteiger partial charge is 0.0661 e. The van der Waals surface area contributed by atoms with Gasteiger partial charge in [0.05, 0.1) is 6.10 Å². The molecule has 0 aromatic carbocycles. The van der Waals surface area contributed by atoms with Gasteiger partial charge in [-0.3, -0.25) is 0 Å². The van der Waals surface area contributed by atoms with Crippen molar-refractivity contribution < 1.29 is 4.74 Å². The van der Waals surface area contributed by atoms with Crippen molar-refractivity contribution in [1.29, 1.82) is 0 Å². The van der Waals surface area contributed by atoms with Crippen LogP contribution in [0.3, 0.4) is 0 Å². The second kappa shape index (κ2) is 7.64. The van der Waals surface area contributed by atoms with Gasteiger partial charge in [0.1, 0.15) is 0 Å². The zero-order chi connectivity index (χ0) is 13.6. The van der Waals surface area contributed by atoms with Gasteiger partial charge in [-0.1, -0.05) is 51.9 Å². The predicted octanol–water partition coefficient (Wildman–Crippen LogP) is 4.28. The summed E-state index contributed by atoms with van der Waals surface area (Å²) < 4.78 is 6.21. The maximum absolute atomic E-state index is 6.21. The van der Waals surface area contributed by atoms with E-state index in [1.54, 1.807) is 0 Å². The first kappa shape index (κ1) is 15.3. The molecule has 2 fully saturated rings. The van der Waals surface area contributed by atoms with Crippen LogP contribution in [-0.4, -0.2) is 25.8 Å². The van der Waals surface area contributed by atoms with Gasteiger partial charge in [-0.25, -0.2) is 0 Å². The number of hydrogen-bond donors (Lipinski definition) is 1. The molecule has 0 radical (unpaired) electrons. The van der Waals surface area contributed by atoms with Gasteiger partial charge in [-0.05, 0) is 32.7 Å².